The lowest BCUT2D eigenvalue weighted by atomic mass is 9.91. The highest BCUT2D eigenvalue weighted by atomic mass is 19.1. The molecule has 3 rings (SSSR count). The van der Waals surface area contributed by atoms with Crippen LogP contribution < -0.4 is 5.32 Å². The van der Waals surface area contributed by atoms with E-state index < -0.39 is 11.6 Å². The second-order valence-electron chi connectivity index (χ2n) is 10.2. The van der Waals surface area contributed by atoms with Crippen LogP contribution in [0.1, 0.15) is 48.4 Å². The molecule has 0 saturated carbocycles. The third kappa shape index (κ3) is 5.81. The van der Waals surface area contributed by atoms with Crippen LogP contribution in [0.3, 0.4) is 0 Å². The summed E-state index contributed by atoms with van der Waals surface area (Å²) in [5.41, 5.74) is 1.45. The maximum Gasteiger partial charge on any atom is 0.257 e. The Morgan fingerprint density at radius 1 is 1.18 bits per heavy atom. The van der Waals surface area contributed by atoms with Gasteiger partial charge in [-0.05, 0) is 58.3 Å². The number of nitrogens with one attached hydrogen (secondary N) is 1. The SMILES string of the molecule is Cc1nn(-c2ccc(F)cc2F)c(C)c1C(=O)N1CCC(C(=O)NCC(C)(C)CN(C)C)CC1. The van der Waals surface area contributed by atoms with Gasteiger partial charge < -0.3 is 15.1 Å². The maximum atomic E-state index is 14.3. The number of rotatable bonds is 7. The summed E-state index contributed by atoms with van der Waals surface area (Å²) in [7, 11) is 4.03. The Morgan fingerprint density at radius 3 is 2.41 bits per heavy atom. The van der Waals surface area contributed by atoms with Crippen molar-refractivity contribution in [2.45, 2.75) is 40.5 Å². The van der Waals surface area contributed by atoms with Gasteiger partial charge in [0.05, 0.1) is 17.0 Å². The number of hydrogen-bond donors (Lipinski definition) is 1. The lowest BCUT2D eigenvalue weighted by molar-refractivity contribution is -0.126. The predicted molar refractivity (Wildman–Crippen MR) is 127 cm³/mol. The van der Waals surface area contributed by atoms with Crippen molar-refractivity contribution in [2.75, 3.05) is 40.3 Å². The monoisotopic (exact) mass is 475 g/mol. The highest BCUT2D eigenvalue weighted by molar-refractivity contribution is 5.96. The van der Waals surface area contributed by atoms with Crippen LogP contribution in [0.25, 0.3) is 5.69 Å². The first-order valence-electron chi connectivity index (χ1n) is 11.6. The predicted octanol–water partition coefficient (Wildman–Crippen LogP) is 3.32. The third-order valence-corrected chi connectivity index (χ3v) is 6.28. The summed E-state index contributed by atoms with van der Waals surface area (Å²) in [6.07, 6.45) is 1.18. The molecule has 2 amide bonds. The van der Waals surface area contributed by atoms with Gasteiger partial charge in [0, 0.05) is 38.2 Å². The van der Waals surface area contributed by atoms with Crippen molar-refractivity contribution in [1.82, 2.24) is 24.9 Å². The fraction of sp³-hybridized carbons (Fsp3) is 0.560. The number of piperidine rings is 1. The summed E-state index contributed by atoms with van der Waals surface area (Å²) >= 11 is 0. The number of carbonyl (C=O) groups is 2. The number of benzene rings is 1. The van der Waals surface area contributed by atoms with E-state index in [0.717, 1.165) is 18.7 Å². The van der Waals surface area contributed by atoms with E-state index in [4.69, 9.17) is 0 Å². The molecule has 1 saturated heterocycles. The van der Waals surface area contributed by atoms with Gasteiger partial charge in [-0.3, -0.25) is 9.59 Å². The average Bonchev–Trinajstić information content (AvgIpc) is 3.04. The van der Waals surface area contributed by atoms with Gasteiger partial charge in [-0.25, -0.2) is 13.5 Å². The van der Waals surface area contributed by atoms with Crippen molar-refractivity contribution in [3.63, 3.8) is 0 Å². The van der Waals surface area contributed by atoms with E-state index in [2.05, 4.69) is 29.2 Å². The Kier molecular flexibility index (Phi) is 7.75. The zero-order chi connectivity index (χ0) is 25.2. The first kappa shape index (κ1) is 25.8. The molecule has 1 fully saturated rings. The minimum Gasteiger partial charge on any atom is -0.355 e. The highest BCUT2D eigenvalue weighted by Gasteiger charge is 2.31. The second-order valence-corrected chi connectivity index (χ2v) is 10.2. The van der Waals surface area contributed by atoms with Crippen molar-refractivity contribution < 1.29 is 18.4 Å². The van der Waals surface area contributed by atoms with Crippen LogP contribution in [0.4, 0.5) is 8.78 Å². The molecule has 1 aliphatic rings. The topological polar surface area (TPSA) is 70.5 Å². The number of hydrogen-bond acceptors (Lipinski definition) is 4. The van der Waals surface area contributed by atoms with Crippen LogP contribution in [-0.4, -0.2) is 71.7 Å². The molecular weight excluding hydrogens is 440 g/mol. The zero-order valence-electron chi connectivity index (χ0n) is 20.9. The van der Waals surface area contributed by atoms with Crippen LogP contribution in [0.2, 0.25) is 0 Å². The minimum absolute atomic E-state index is 0.0327. The van der Waals surface area contributed by atoms with E-state index in [1.165, 1.54) is 10.7 Å². The Balaban J connectivity index is 1.64. The Hall–Kier alpha value is -2.81. The van der Waals surface area contributed by atoms with Crippen molar-refractivity contribution >= 4 is 11.8 Å². The summed E-state index contributed by atoms with van der Waals surface area (Å²) in [6, 6.07) is 3.26. The minimum atomic E-state index is -0.745. The zero-order valence-corrected chi connectivity index (χ0v) is 20.9. The molecule has 0 aliphatic carbocycles. The molecule has 34 heavy (non-hydrogen) atoms. The first-order valence-corrected chi connectivity index (χ1v) is 11.6. The summed E-state index contributed by atoms with van der Waals surface area (Å²) in [4.78, 5) is 29.8. The molecule has 7 nitrogen and oxygen atoms in total. The van der Waals surface area contributed by atoms with Crippen molar-refractivity contribution in [1.29, 1.82) is 0 Å². The smallest absolute Gasteiger partial charge is 0.257 e. The van der Waals surface area contributed by atoms with Gasteiger partial charge in [-0.1, -0.05) is 13.8 Å². The Morgan fingerprint density at radius 2 is 1.82 bits per heavy atom. The van der Waals surface area contributed by atoms with Crippen LogP contribution in [-0.2, 0) is 4.79 Å². The molecule has 9 heteroatoms. The van der Waals surface area contributed by atoms with E-state index in [-0.39, 0.29) is 28.8 Å². The average molecular weight is 476 g/mol. The normalized spacial score (nSPS) is 15.1. The molecule has 2 aromatic rings. The number of halogens is 2. The molecule has 0 bridgehead atoms. The summed E-state index contributed by atoms with van der Waals surface area (Å²) in [5, 5.41) is 7.41. The molecule has 1 aliphatic heterocycles. The van der Waals surface area contributed by atoms with Crippen LogP contribution in [0.15, 0.2) is 18.2 Å². The molecule has 1 aromatic heterocycles. The van der Waals surface area contributed by atoms with Crippen LogP contribution in [0, 0.1) is 36.8 Å². The van der Waals surface area contributed by atoms with Gasteiger partial charge in [0.15, 0.2) is 5.82 Å². The van der Waals surface area contributed by atoms with E-state index in [9.17, 15) is 18.4 Å². The standard InChI is InChI=1S/C25H35F2N5O2/c1-16-22(17(2)32(29-16)21-8-7-19(26)13-20(21)27)24(34)31-11-9-18(10-12-31)23(33)28-14-25(3,4)15-30(5)6/h7-8,13,18H,9-12,14-15H2,1-6H3,(H,28,33). The lowest BCUT2D eigenvalue weighted by Crippen LogP contribution is -2.46. The largest absolute Gasteiger partial charge is 0.355 e. The lowest BCUT2D eigenvalue weighted by Gasteiger charge is -2.33. The summed E-state index contributed by atoms with van der Waals surface area (Å²) < 4.78 is 28.9. The van der Waals surface area contributed by atoms with Gasteiger partial charge >= 0.3 is 0 Å². The third-order valence-electron chi connectivity index (χ3n) is 6.28. The number of carbonyl (C=O) groups excluding carboxylic acids is 2. The number of nitrogens with zero attached hydrogens (tertiary/aromatic N) is 4. The van der Waals surface area contributed by atoms with Gasteiger partial charge in [-0.15, -0.1) is 0 Å². The second kappa shape index (κ2) is 10.2. The fourth-order valence-electron chi connectivity index (χ4n) is 4.73. The molecule has 1 N–H and O–H groups in total. The van der Waals surface area contributed by atoms with E-state index in [1.54, 1.807) is 18.7 Å². The number of amides is 2. The quantitative estimate of drug-likeness (QED) is 0.667. The van der Waals surface area contributed by atoms with Crippen molar-refractivity contribution in [3.8, 4) is 5.69 Å². The summed E-state index contributed by atoms with van der Waals surface area (Å²) in [5.74, 6) is -1.70. The Bertz CT molecular complexity index is 1060. The van der Waals surface area contributed by atoms with Gasteiger partial charge in [0.2, 0.25) is 5.91 Å². The van der Waals surface area contributed by atoms with E-state index >= 15 is 0 Å². The molecule has 186 valence electrons. The molecular formula is C25H35F2N5O2. The Labute approximate surface area is 200 Å². The molecule has 0 atom stereocenters. The molecule has 0 radical (unpaired) electrons. The van der Waals surface area contributed by atoms with Crippen molar-refractivity contribution in [3.05, 3.63) is 46.8 Å². The van der Waals surface area contributed by atoms with Crippen molar-refractivity contribution in [2.24, 2.45) is 11.3 Å². The fourth-order valence-corrected chi connectivity index (χ4v) is 4.73. The summed E-state index contributed by atoms with van der Waals surface area (Å²) in [6.45, 7) is 10.0. The van der Waals surface area contributed by atoms with Crippen LogP contribution >= 0.6 is 0 Å². The van der Waals surface area contributed by atoms with E-state index in [0.29, 0.717) is 49.4 Å². The van der Waals surface area contributed by atoms with Gasteiger partial charge in [-0.2, -0.15) is 5.10 Å². The van der Waals surface area contributed by atoms with Crippen LogP contribution in [0.5, 0.6) is 0 Å². The van der Waals surface area contributed by atoms with Gasteiger partial charge in [0.1, 0.15) is 11.5 Å². The number of aromatic nitrogens is 2. The van der Waals surface area contributed by atoms with E-state index in [1.807, 2.05) is 14.1 Å². The van der Waals surface area contributed by atoms with Gasteiger partial charge in [0.25, 0.3) is 5.91 Å². The number of likely N-dealkylation sites (tertiary alicyclic amines) is 1. The molecule has 1 aromatic carbocycles. The maximum absolute atomic E-state index is 14.3. The first-order chi connectivity index (χ1) is 15.9. The molecule has 0 spiro atoms. The highest BCUT2D eigenvalue weighted by Crippen LogP contribution is 2.25. The number of aryl methyl sites for hydroxylation is 1. The molecule has 0 unspecified atom stereocenters. The molecule has 2 heterocycles.